The first kappa shape index (κ1) is 16.4. The molecule has 2 aromatic rings. The number of ether oxygens (including phenoxy) is 2. The van der Waals surface area contributed by atoms with E-state index in [4.69, 9.17) is 9.47 Å². The van der Waals surface area contributed by atoms with Crippen molar-refractivity contribution in [1.82, 2.24) is 5.32 Å². The summed E-state index contributed by atoms with van der Waals surface area (Å²) in [6.07, 6.45) is 1.11. The second-order valence-corrected chi connectivity index (χ2v) is 5.35. The van der Waals surface area contributed by atoms with Crippen LogP contribution in [0.1, 0.15) is 37.4 Å². The molecule has 0 fully saturated rings. The molecular weight excluding hydrogens is 274 g/mol. The topological polar surface area (TPSA) is 30.5 Å². The summed E-state index contributed by atoms with van der Waals surface area (Å²) in [6.45, 7) is 5.88. The fourth-order valence-electron chi connectivity index (χ4n) is 2.33. The Bertz CT molecular complexity index is 569. The van der Waals surface area contributed by atoms with Crippen LogP contribution in [0.15, 0.2) is 48.5 Å². The van der Waals surface area contributed by atoms with Crippen LogP contribution in [0.25, 0.3) is 0 Å². The highest BCUT2D eigenvalue weighted by Crippen LogP contribution is 2.30. The van der Waals surface area contributed by atoms with Gasteiger partial charge in [-0.2, -0.15) is 0 Å². The molecule has 0 aromatic heterocycles. The van der Waals surface area contributed by atoms with Gasteiger partial charge in [-0.3, -0.25) is 0 Å². The average molecular weight is 299 g/mol. The van der Waals surface area contributed by atoms with Gasteiger partial charge in [0.1, 0.15) is 18.1 Å². The van der Waals surface area contributed by atoms with Gasteiger partial charge in [-0.25, -0.2) is 0 Å². The van der Waals surface area contributed by atoms with Crippen molar-refractivity contribution >= 4 is 0 Å². The third-order valence-corrected chi connectivity index (χ3v) is 3.62. The van der Waals surface area contributed by atoms with Crippen LogP contribution in [0.3, 0.4) is 0 Å². The van der Waals surface area contributed by atoms with Crippen molar-refractivity contribution < 1.29 is 9.47 Å². The summed E-state index contributed by atoms with van der Waals surface area (Å²) in [5, 5.41) is 3.50. The first-order valence-corrected chi connectivity index (χ1v) is 7.82. The van der Waals surface area contributed by atoms with E-state index < -0.39 is 0 Å². The molecule has 0 aliphatic carbocycles. The Hall–Kier alpha value is -2.00. The maximum Gasteiger partial charge on any atom is 0.128 e. The molecule has 118 valence electrons. The minimum Gasteiger partial charge on any atom is -0.497 e. The maximum atomic E-state index is 6.05. The van der Waals surface area contributed by atoms with Crippen molar-refractivity contribution in [2.24, 2.45) is 0 Å². The van der Waals surface area contributed by atoms with E-state index in [1.807, 2.05) is 30.3 Å². The Kier molecular flexibility index (Phi) is 6.28. The molecule has 0 amide bonds. The Morgan fingerprint density at radius 3 is 2.55 bits per heavy atom. The molecule has 0 aliphatic heterocycles. The highest BCUT2D eigenvalue weighted by Gasteiger charge is 2.12. The molecule has 1 atom stereocenters. The summed E-state index contributed by atoms with van der Waals surface area (Å²) in [5.74, 6) is 1.69. The van der Waals surface area contributed by atoms with Crippen LogP contribution in [0.5, 0.6) is 11.5 Å². The molecule has 2 rings (SSSR count). The molecule has 1 N–H and O–H groups in total. The highest BCUT2D eigenvalue weighted by atomic mass is 16.5. The van der Waals surface area contributed by atoms with E-state index in [2.05, 4.69) is 37.4 Å². The number of rotatable bonds is 8. The second-order valence-electron chi connectivity index (χ2n) is 5.35. The van der Waals surface area contributed by atoms with Crippen LogP contribution in [0, 0.1) is 0 Å². The van der Waals surface area contributed by atoms with Gasteiger partial charge in [0.2, 0.25) is 0 Å². The molecule has 2 aromatic carbocycles. The van der Waals surface area contributed by atoms with Crippen molar-refractivity contribution in [3.8, 4) is 11.5 Å². The molecular formula is C19H25NO2. The van der Waals surface area contributed by atoms with E-state index in [1.165, 1.54) is 0 Å². The number of nitrogens with one attached hydrogen (secondary N) is 1. The normalized spacial score (nSPS) is 12.0. The van der Waals surface area contributed by atoms with Crippen molar-refractivity contribution in [3.05, 3.63) is 59.7 Å². The van der Waals surface area contributed by atoms with Gasteiger partial charge in [0, 0.05) is 17.7 Å². The fraction of sp³-hybridized carbons (Fsp3) is 0.368. The van der Waals surface area contributed by atoms with Crippen LogP contribution >= 0.6 is 0 Å². The molecule has 0 heterocycles. The number of hydrogen-bond donors (Lipinski definition) is 1. The molecule has 1 unspecified atom stereocenters. The van der Waals surface area contributed by atoms with E-state index >= 15 is 0 Å². The van der Waals surface area contributed by atoms with Gasteiger partial charge in [0.15, 0.2) is 0 Å². The SMILES string of the molecule is CCCNC(C)c1ccc(OC)cc1OCc1ccccc1. The summed E-state index contributed by atoms with van der Waals surface area (Å²) in [6, 6.07) is 16.5. The smallest absolute Gasteiger partial charge is 0.128 e. The molecule has 0 saturated heterocycles. The van der Waals surface area contributed by atoms with Crippen molar-refractivity contribution in [2.45, 2.75) is 32.9 Å². The first-order valence-electron chi connectivity index (χ1n) is 7.82. The predicted molar refractivity (Wildman–Crippen MR) is 90.5 cm³/mol. The predicted octanol–water partition coefficient (Wildman–Crippen LogP) is 4.33. The van der Waals surface area contributed by atoms with E-state index in [1.54, 1.807) is 7.11 Å². The molecule has 3 nitrogen and oxygen atoms in total. The molecule has 0 spiro atoms. The summed E-state index contributed by atoms with van der Waals surface area (Å²) < 4.78 is 11.4. The zero-order chi connectivity index (χ0) is 15.8. The highest BCUT2D eigenvalue weighted by molar-refractivity contribution is 5.42. The largest absolute Gasteiger partial charge is 0.497 e. The molecule has 0 radical (unpaired) electrons. The Morgan fingerprint density at radius 2 is 1.86 bits per heavy atom. The van der Waals surface area contributed by atoms with E-state index in [-0.39, 0.29) is 6.04 Å². The number of hydrogen-bond acceptors (Lipinski definition) is 3. The summed E-state index contributed by atoms with van der Waals surface area (Å²) in [4.78, 5) is 0. The van der Waals surface area contributed by atoms with Gasteiger partial charge in [0.05, 0.1) is 7.11 Å². The van der Waals surface area contributed by atoms with Gasteiger partial charge in [-0.15, -0.1) is 0 Å². The van der Waals surface area contributed by atoms with Crippen LogP contribution < -0.4 is 14.8 Å². The molecule has 0 bridgehead atoms. The van der Waals surface area contributed by atoms with Crippen LogP contribution in [-0.2, 0) is 6.61 Å². The van der Waals surface area contributed by atoms with Crippen molar-refractivity contribution in [1.29, 1.82) is 0 Å². The standard InChI is InChI=1S/C19H25NO2/c1-4-12-20-15(2)18-11-10-17(21-3)13-19(18)22-14-16-8-6-5-7-9-16/h5-11,13,15,20H,4,12,14H2,1-3H3. The summed E-state index contributed by atoms with van der Waals surface area (Å²) in [5.41, 5.74) is 2.32. The summed E-state index contributed by atoms with van der Waals surface area (Å²) >= 11 is 0. The lowest BCUT2D eigenvalue weighted by atomic mass is 10.1. The van der Waals surface area contributed by atoms with Gasteiger partial charge < -0.3 is 14.8 Å². The molecule has 3 heteroatoms. The van der Waals surface area contributed by atoms with Crippen LogP contribution in [0.2, 0.25) is 0 Å². The monoisotopic (exact) mass is 299 g/mol. The average Bonchev–Trinajstić information content (AvgIpc) is 2.58. The minimum absolute atomic E-state index is 0.247. The van der Waals surface area contributed by atoms with E-state index in [0.29, 0.717) is 6.61 Å². The first-order chi connectivity index (χ1) is 10.7. The molecule has 0 saturated carbocycles. The zero-order valence-corrected chi connectivity index (χ0v) is 13.6. The second kappa shape index (κ2) is 8.44. The lowest BCUT2D eigenvalue weighted by molar-refractivity contribution is 0.297. The van der Waals surface area contributed by atoms with Crippen molar-refractivity contribution in [2.75, 3.05) is 13.7 Å². The third-order valence-electron chi connectivity index (χ3n) is 3.62. The third kappa shape index (κ3) is 4.50. The maximum absolute atomic E-state index is 6.05. The van der Waals surface area contributed by atoms with Gasteiger partial charge >= 0.3 is 0 Å². The molecule has 22 heavy (non-hydrogen) atoms. The van der Waals surface area contributed by atoms with E-state index in [0.717, 1.165) is 35.6 Å². The number of methoxy groups -OCH3 is 1. The van der Waals surface area contributed by atoms with Gasteiger partial charge in [0.25, 0.3) is 0 Å². The van der Waals surface area contributed by atoms with Gasteiger partial charge in [-0.05, 0) is 31.5 Å². The Labute approximate surface area is 133 Å². The zero-order valence-electron chi connectivity index (χ0n) is 13.6. The van der Waals surface area contributed by atoms with Crippen LogP contribution in [0.4, 0.5) is 0 Å². The Morgan fingerprint density at radius 1 is 1.09 bits per heavy atom. The van der Waals surface area contributed by atoms with E-state index in [9.17, 15) is 0 Å². The molecule has 0 aliphatic rings. The fourth-order valence-corrected chi connectivity index (χ4v) is 2.33. The lowest BCUT2D eigenvalue weighted by Crippen LogP contribution is -2.20. The van der Waals surface area contributed by atoms with Crippen molar-refractivity contribution in [3.63, 3.8) is 0 Å². The summed E-state index contributed by atoms with van der Waals surface area (Å²) in [7, 11) is 1.68. The lowest BCUT2D eigenvalue weighted by Gasteiger charge is -2.19. The minimum atomic E-state index is 0.247. The van der Waals surface area contributed by atoms with Crippen LogP contribution in [-0.4, -0.2) is 13.7 Å². The quantitative estimate of drug-likeness (QED) is 0.786. The Balaban J connectivity index is 2.15. The number of benzene rings is 2. The van der Waals surface area contributed by atoms with Gasteiger partial charge in [-0.1, -0.05) is 43.3 Å².